The summed E-state index contributed by atoms with van der Waals surface area (Å²) >= 11 is 0. The number of benzene rings is 1. The highest BCUT2D eigenvalue weighted by Crippen LogP contribution is 2.27. The maximum Gasteiger partial charge on any atom is 0.302 e. The summed E-state index contributed by atoms with van der Waals surface area (Å²) in [4.78, 5) is 12.8. The van der Waals surface area contributed by atoms with Crippen LogP contribution in [0.3, 0.4) is 0 Å². The molecule has 1 saturated heterocycles. The van der Waals surface area contributed by atoms with Gasteiger partial charge in [0.15, 0.2) is 11.6 Å². The Labute approximate surface area is 108 Å². The molecule has 0 aliphatic carbocycles. The van der Waals surface area contributed by atoms with E-state index in [0.717, 1.165) is 17.0 Å². The second-order valence-electron chi connectivity index (χ2n) is 4.38. The molecule has 1 aliphatic heterocycles. The van der Waals surface area contributed by atoms with Gasteiger partial charge in [0, 0.05) is 30.6 Å². The zero-order chi connectivity index (χ0) is 14.2. The number of amides is 1. The molecule has 1 atom stereocenters. The SMILES string of the molecule is O=C1CC(CS(=O)(=O)F)CN1c1ccc(F)c(F)c1. The van der Waals surface area contributed by atoms with Crippen molar-refractivity contribution in [3.05, 3.63) is 29.8 Å². The quantitative estimate of drug-likeness (QED) is 0.796. The van der Waals surface area contributed by atoms with Crippen molar-refractivity contribution in [2.75, 3.05) is 17.2 Å². The number of hydrogen-bond acceptors (Lipinski definition) is 3. The van der Waals surface area contributed by atoms with E-state index in [4.69, 9.17) is 0 Å². The van der Waals surface area contributed by atoms with Gasteiger partial charge in [0.05, 0.1) is 5.75 Å². The Morgan fingerprint density at radius 1 is 1.26 bits per heavy atom. The molecule has 1 aromatic rings. The van der Waals surface area contributed by atoms with Crippen molar-refractivity contribution in [1.29, 1.82) is 0 Å². The summed E-state index contributed by atoms with van der Waals surface area (Å²) in [6, 6.07) is 2.93. The van der Waals surface area contributed by atoms with Gasteiger partial charge in [-0.05, 0) is 12.1 Å². The Morgan fingerprint density at radius 3 is 2.53 bits per heavy atom. The maximum absolute atomic E-state index is 13.1. The molecule has 0 spiro atoms. The van der Waals surface area contributed by atoms with E-state index in [-0.39, 0.29) is 18.7 Å². The van der Waals surface area contributed by atoms with E-state index in [0.29, 0.717) is 0 Å². The van der Waals surface area contributed by atoms with E-state index < -0.39 is 39.4 Å². The first-order chi connectivity index (χ1) is 8.76. The first-order valence-electron chi connectivity index (χ1n) is 5.44. The number of carbonyl (C=O) groups is 1. The zero-order valence-electron chi connectivity index (χ0n) is 9.64. The van der Waals surface area contributed by atoms with Gasteiger partial charge in [-0.15, -0.1) is 3.89 Å². The predicted molar refractivity (Wildman–Crippen MR) is 61.7 cm³/mol. The average Bonchev–Trinajstić information content (AvgIpc) is 2.61. The minimum atomic E-state index is -4.66. The molecule has 0 saturated carbocycles. The Hall–Kier alpha value is -1.57. The Kier molecular flexibility index (Phi) is 3.53. The molecule has 0 aromatic heterocycles. The van der Waals surface area contributed by atoms with E-state index in [1.807, 2.05) is 0 Å². The largest absolute Gasteiger partial charge is 0.312 e. The molecule has 0 bridgehead atoms. The number of carbonyl (C=O) groups excluding carboxylic acids is 1. The van der Waals surface area contributed by atoms with Crippen LogP contribution in [0.4, 0.5) is 18.4 Å². The highest BCUT2D eigenvalue weighted by molar-refractivity contribution is 7.86. The van der Waals surface area contributed by atoms with Crippen LogP contribution in [-0.4, -0.2) is 26.6 Å². The summed E-state index contributed by atoms with van der Waals surface area (Å²) in [6.45, 7) is -0.0347. The van der Waals surface area contributed by atoms with Crippen LogP contribution in [-0.2, 0) is 15.0 Å². The lowest BCUT2D eigenvalue weighted by Crippen LogP contribution is -2.25. The molecule has 0 radical (unpaired) electrons. The Balaban J connectivity index is 2.18. The molecule has 1 heterocycles. The molecule has 1 amide bonds. The first kappa shape index (κ1) is 13.9. The minimum Gasteiger partial charge on any atom is -0.312 e. The van der Waals surface area contributed by atoms with Gasteiger partial charge in [0.2, 0.25) is 5.91 Å². The van der Waals surface area contributed by atoms with Crippen molar-refractivity contribution < 1.29 is 25.9 Å². The molecule has 1 fully saturated rings. The summed E-state index contributed by atoms with van der Waals surface area (Å²) in [5, 5.41) is 0. The first-order valence-corrected chi connectivity index (χ1v) is 6.99. The van der Waals surface area contributed by atoms with E-state index in [1.165, 1.54) is 6.07 Å². The van der Waals surface area contributed by atoms with Crippen molar-refractivity contribution in [1.82, 2.24) is 0 Å². The molecule has 2 rings (SSSR count). The van der Waals surface area contributed by atoms with Crippen LogP contribution in [0.1, 0.15) is 6.42 Å². The predicted octanol–water partition coefficient (Wildman–Crippen LogP) is 1.62. The number of nitrogens with zero attached hydrogens (tertiary/aromatic N) is 1. The van der Waals surface area contributed by atoms with Gasteiger partial charge >= 0.3 is 10.2 Å². The Morgan fingerprint density at radius 2 is 1.95 bits per heavy atom. The lowest BCUT2D eigenvalue weighted by molar-refractivity contribution is -0.117. The van der Waals surface area contributed by atoms with E-state index in [9.17, 15) is 25.9 Å². The van der Waals surface area contributed by atoms with E-state index in [1.54, 1.807) is 0 Å². The third-order valence-corrected chi connectivity index (χ3v) is 3.72. The fourth-order valence-electron chi connectivity index (χ4n) is 2.08. The topological polar surface area (TPSA) is 54.5 Å². The number of anilines is 1. The molecule has 0 N–H and O–H groups in total. The molecule has 1 unspecified atom stereocenters. The number of hydrogen-bond donors (Lipinski definition) is 0. The monoisotopic (exact) mass is 293 g/mol. The standard InChI is InChI=1S/C11H10F3NO3S/c12-9-2-1-8(4-10(9)13)15-5-7(3-11(15)16)6-19(14,17)18/h1-2,4,7H,3,5-6H2. The zero-order valence-corrected chi connectivity index (χ0v) is 10.5. The molecular formula is C11H10F3NO3S. The summed E-state index contributed by atoms with van der Waals surface area (Å²) < 4.78 is 59.4. The van der Waals surface area contributed by atoms with Crippen LogP contribution in [0.25, 0.3) is 0 Å². The smallest absolute Gasteiger partial charge is 0.302 e. The molecule has 4 nitrogen and oxygen atoms in total. The minimum absolute atomic E-state index is 0.0347. The van der Waals surface area contributed by atoms with Gasteiger partial charge in [0.25, 0.3) is 0 Å². The molecule has 104 valence electrons. The molecular weight excluding hydrogens is 283 g/mol. The van der Waals surface area contributed by atoms with Crippen molar-refractivity contribution in [2.24, 2.45) is 5.92 Å². The molecule has 1 aromatic carbocycles. The van der Waals surface area contributed by atoms with E-state index >= 15 is 0 Å². The van der Waals surface area contributed by atoms with Crippen LogP contribution < -0.4 is 4.90 Å². The van der Waals surface area contributed by atoms with Gasteiger partial charge in [-0.1, -0.05) is 0 Å². The summed E-state index contributed by atoms with van der Waals surface area (Å²) in [7, 11) is -4.66. The lowest BCUT2D eigenvalue weighted by atomic mass is 10.1. The third-order valence-electron chi connectivity index (χ3n) is 2.85. The fraction of sp³-hybridized carbons (Fsp3) is 0.364. The van der Waals surface area contributed by atoms with E-state index in [2.05, 4.69) is 0 Å². The fourth-order valence-corrected chi connectivity index (χ4v) is 2.86. The maximum atomic E-state index is 13.1. The van der Waals surface area contributed by atoms with Gasteiger partial charge in [-0.2, -0.15) is 8.42 Å². The second-order valence-corrected chi connectivity index (χ2v) is 5.79. The highest BCUT2D eigenvalue weighted by Gasteiger charge is 2.33. The average molecular weight is 293 g/mol. The van der Waals surface area contributed by atoms with Crippen LogP contribution in [0.2, 0.25) is 0 Å². The lowest BCUT2D eigenvalue weighted by Gasteiger charge is -2.16. The second kappa shape index (κ2) is 4.84. The van der Waals surface area contributed by atoms with Crippen molar-refractivity contribution in [2.45, 2.75) is 6.42 Å². The summed E-state index contributed by atoms with van der Waals surface area (Å²) in [5.41, 5.74) is 0.127. The van der Waals surface area contributed by atoms with Gasteiger partial charge in [-0.25, -0.2) is 8.78 Å². The van der Waals surface area contributed by atoms with Crippen LogP contribution in [0.15, 0.2) is 18.2 Å². The molecule has 19 heavy (non-hydrogen) atoms. The van der Waals surface area contributed by atoms with Crippen LogP contribution in [0.5, 0.6) is 0 Å². The normalized spacial score (nSPS) is 20.1. The molecule has 1 aliphatic rings. The third kappa shape index (κ3) is 3.25. The summed E-state index contributed by atoms with van der Waals surface area (Å²) in [6.07, 6.45) is -0.137. The summed E-state index contributed by atoms with van der Waals surface area (Å²) in [5.74, 6) is -4.03. The van der Waals surface area contributed by atoms with Crippen LogP contribution in [0, 0.1) is 17.6 Å². The van der Waals surface area contributed by atoms with Gasteiger partial charge in [-0.3, -0.25) is 4.79 Å². The van der Waals surface area contributed by atoms with Crippen molar-refractivity contribution >= 4 is 21.8 Å². The highest BCUT2D eigenvalue weighted by atomic mass is 32.3. The number of rotatable bonds is 3. The van der Waals surface area contributed by atoms with Crippen LogP contribution >= 0.6 is 0 Å². The van der Waals surface area contributed by atoms with Crippen molar-refractivity contribution in [3.8, 4) is 0 Å². The molecule has 8 heteroatoms. The number of halogens is 3. The van der Waals surface area contributed by atoms with Crippen molar-refractivity contribution in [3.63, 3.8) is 0 Å². The Bertz CT molecular complexity index is 618. The van der Waals surface area contributed by atoms with Gasteiger partial charge < -0.3 is 4.90 Å². The van der Waals surface area contributed by atoms with Gasteiger partial charge in [0.1, 0.15) is 0 Å².